The number of fused-ring (bicyclic) bond motifs is 1. The number of Topliss-reactive ketones (excluding diaryl/α,β-unsaturated/α-hetero) is 1. The van der Waals surface area contributed by atoms with Gasteiger partial charge in [-0.2, -0.15) is 0 Å². The van der Waals surface area contributed by atoms with E-state index in [2.05, 4.69) is 0 Å². The molecule has 0 unspecified atom stereocenters. The van der Waals surface area contributed by atoms with E-state index in [1.54, 1.807) is 24.3 Å². The number of hydrogen-bond acceptors (Lipinski definition) is 4. The lowest BCUT2D eigenvalue weighted by molar-refractivity contribution is 0.101. The van der Waals surface area contributed by atoms with Gasteiger partial charge >= 0.3 is 0 Å². The fourth-order valence-corrected chi connectivity index (χ4v) is 3.22. The van der Waals surface area contributed by atoms with Crippen molar-refractivity contribution < 1.29 is 41.0 Å². The van der Waals surface area contributed by atoms with Crippen LogP contribution >= 0.6 is 0 Å². The van der Waals surface area contributed by atoms with Gasteiger partial charge in [0.15, 0.2) is 29.0 Å². The first kappa shape index (κ1) is 22.3. The lowest BCUT2D eigenvalue weighted by Gasteiger charge is -2.10. The third-order valence-corrected chi connectivity index (χ3v) is 4.83. The highest BCUT2D eigenvalue weighted by Crippen LogP contribution is 2.36. The van der Waals surface area contributed by atoms with Crippen LogP contribution in [0.5, 0.6) is 17.2 Å². The molecule has 0 fully saturated rings. The Labute approximate surface area is 184 Å². The maximum Gasteiger partial charge on any atom is 0.231 e. The van der Waals surface area contributed by atoms with Crippen molar-refractivity contribution in [1.82, 2.24) is 0 Å². The molecule has 3 aromatic rings. The van der Waals surface area contributed by atoms with E-state index < -0.39 is 47.0 Å². The number of ketones is 1. The number of allylic oxidation sites excluding steroid dienone is 1. The largest absolute Gasteiger partial charge is 0.493 e. The fourth-order valence-electron chi connectivity index (χ4n) is 3.22. The number of benzene rings is 3. The van der Waals surface area contributed by atoms with Gasteiger partial charge in [-0.1, -0.05) is 18.2 Å². The Hall–Kier alpha value is -3.88. The van der Waals surface area contributed by atoms with Gasteiger partial charge in [0.1, 0.15) is 23.9 Å². The van der Waals surface area contributed by atoms with Crippen molar-refractivity contribution in [2.75, 3.05) is 6.61 Å². The summed E-state index contributed by atoms with van der Waals surface area (Å²) < 4.78 is 83.9. The van der Waals surface area contributed by atoms with Crippen LogP contribution in [0.1, 0.15) is 28.4 Å². The molecule has 0 radical (unpaired) electrons. The van der Waals surface area contributed by atoms with Crippen molar-refractivity contribution in [1.29, 1.82) is 0 Å². The van der Waals surface area contributed by atoms with Crippen LogP contribution in [0.4, 0.5) is 22.0 Å². The van der Waals surface area contributed by atoms with Gasteiger partial charge in [0, 0.05) is 11.6 Å². The Morgan fingerprint density at radius 2 is 1.55 bits per heavy atom. The minimum absolute atomic E-state index is 0.00135. The van der Waals surface area contributed by atoms with Crippen LogP contribution in [-0.2, 0) is 6.61 Å². The van der Waals surface area contributed by atoms with Crippen molar-refractivity contribution >= 4 is 11.9 Å². The maximum absolute atomic E-state index is 13.8. The highest BCUT2D eigenvalue weighted by molar-refractivity contribution is 6.14. The molecule has 0 aliphatic carbocycles. The molecule has 0 amide bonds. The number of carbonyl (C=O) groups excluding carboxylic acids is 1. The number of halogens is 5. The Bertz CT molecular complexity index is 1260. The van der Waals surface area contributed by atoms with Gasteiger partial charge in [0.05, 0.1) is 17.7 Å². The van der Waals surface area contributed by atoms with Crippen molar-refractivity contribution in [2.24, 2.45) is 0 Å². The number of rotatable bonds is 6. The molecule has 1 aliphatic rings. The summed E-state index contributed by atoms with van der Waals surface area (Å²) in [4.78, 5) is 12.7. The van der Waals surface area contributed by atoms with E-state index in [0.29, 0.717) is 17.9 Å². The second-order valence-electron chi connectivity index (χ2n) is 6.91. The predicted molar refractivity (Wildman–Crippen MR) is 108 cm³/mol. The van der Waals surface area contributed by atoms with Crippen LogP contribution in [-0.4, -0.2) is 12.4 Å². The first-order chi connectivity index (χ1) is 15.8. The van der Waals surface area contributed by atoms with Gasteiger partial charge in [0.2, 0.25) is 11.6 Å². The van der Waals surface area contributed by atoms with E-state index in [9.17, 15) is 26.7 Å². The topological polar surface area (TPSA) is 44.8 Å². The summed E-state index contributed by atoms with van der Waals surface area (Å²) in [5, 5.41) is 0. The molecule has 9 heteroatoms. The van der Waals surface area contributed by atoms with E-state index in [1.807, 2.05) is 6.92 Å². The first-order valence-corrected chi connectivity index (χ1v) is 9.75. The summed E-state index contributed by atoms with van der Waals surface area (Å²) >= 11 is 0. The smallest absolute Gasteiger partial charge is 0.231 e. The van der Waals surface area contributed by atoms with Gasteiger partial charge in [-0.05, 0) is 31.2 Å². The van der Waals surface area contributed by atoms with Crippen molar-refractivity contribution in [3.63, 3.8) is 0 Å². The molecule has 0 atom stereocenters. The molecule has 4 nitrogen and oxygen atoms in total. The Morgan fingerprint density at radius 3 is 2.24 bits per heavy atom. The molecule has 0 aromatic heterocycles. The summed E-state index contributed by atoms with van der Waals surface area (Å²) in [6.07, 6.45) is 1.52. The number of ether oxygens (including phenoxy) is 3. The number of carbonyl (C=O) groups is 1. The molecule has 0 spiro atoms. The molecule has 3 aromatic carbocycles. The highest BCUT2D eigenvalue weighted by atomic mass is 19.2. The fraction of sp³-hybridized carbons (Fsp3) is 0.125. The number of hydrogen-bond donors (Lipinski definition) is 0. The Kier molecular flexibility index (Phi) is 6.04. The molecule has 170 valence electrons. The van der Waals surface area contributed by atoms with Crippen molar-refractivity contribution in [2.45, 2.75) is 13.5 Å². The maximum atomic E-state index is 13.8. The van der Waals surface area contributed by atoms with Crippen LogP contribution in [0.3, 0.4) is 0 Å². The summed E-state index contributed by atoms with van der Waals surface area (Å²) in [7, 11) is 0. The van der Waals surface area contributed by atoms with Crippen LogP contribution in [0, 0.1) is 29.1 Å². The lowest BCUT2D eigenvalue weighted by atomic mass is 10.1. The average Bonchev–Trinajstić information content (AvgIpc) is 3.12. The van der Waals surface area contributed by atoms with Crippen LogP contribution in [0.15, 0.2) is 48.2 Å². The van der Waals surface area contributed by atoms with Crippen molar-refractivity contribution in [3.05, 3.63) is 94.0 Å². The standard InChI is InChI=1S/C24H15F5O4/c1-2-31-16-6-4-3-5-12(16)9-18-24(30)14-8-7-13(10-17(14)33-18)32-11-15-19(25)21(27)23(29)22(28)20(15)26/h3-10H,2,11H2,1H3. The van der Waals surface area contributed by atoms with Gasteiger partial charge in [0.25, 0.3) is 0 Å². The molecule has 0 bridgehead atoms. The van der Waals surface area contributed by atoms with Gasteiger partial charge in [-0.25, -0.2) is 22.0 Å². The van der Waals surface area contributed by atoms with Gasteiger partial charge in [-0.3, -0.25) is 4.79 Å². The van der Waals surface area contributed by atoms with Gasteiger partial charge in [-0.15, -0.1) is 0 Å². The minimum Gasteiger partial charge on any atom is -0.493 e. The monoisotopic (exact) mass is 462 g/mol. The molecule has 4 rings (SSSR count). The summed E-state index contributed by atoms with van der Waals surface area (Å²) in [5.41, 5.74) is -0.269. The zero-order valence-corrected chi connectivity index (χ0v) is 17.1. The second-order valence-corrected chi connectivity index (χ2v) is 6.91. The molecular weight excluding hydrogens is 447 g/mol. The molecule has 0 saturated carbocycles. The molecular formula is C24H15F5O4. The average molecular weight is 462 g/mol. The third-order valence-electron chi connectivity index (χ3n) is 4.83. The molecule has 0 saturated heterocycles. The van der Waals surface area contributed by atoms with E-state index in [1.165, 1.54) is 24.3 Å². The first-order valence-electron chi connectivity index (χ1n) is 9.75. The molecule has 1 heterocycles. The third kappa shape index (κ3) is 4.13. The normalized spacial score (nSPS) is 13.8. The summed E-state index contributed by atoms with van der Waals surface area (Å²) in [5.74, 6) is -10.0. The highest BCUT2D eigenvalue weighted by Gasteiger charge is 2.29. The predicted octanol–water partition coefficient (Wildman–Crippen LogP) is 5.98. The molecule has 1 aliphatic heterocycles. The zero-order valence-electron chi connectivity index (χ0n) is 17.1. The SMILES string of the molecule is CCOc1ccccc1C=C1Oc2cc(OCc3c(F)c(F)c(F)c(F)c3F)ccc2C1=O. The van der Waals surface area contributed by atoms with E-state index in [-0.39, 0.29) is 22.8 Å². The summed E-state index contributed by atoms with van der Waals surface area (Å²) in [6, 6.07) is 11.0. The minimum atomic E-state index is -2.25. The second kappa shape index (κ2) is 8.93. The van der Waals surface area contributed by atoms with E-state index >= 15 is 0 Å². The molecule has 0 N–H and O–H groups in total. The van der Waals surface area contributed by atoms with Crippen LogP contribution in [0.2, 0.25) is 0 Å². The zero-order chi connectivity index (χ0) is 23.7. The van der Waals surface area contributed by atoms with E-state index in [0.717, 1.165) is 0 Å². The van der Waals surface area contributed by atoms with Crippen LogP contribution < -0.4 is 14.2 Å². The van der Waals surface area contributed by atoms with Crippen LogP contribution in [0.25, 0.3) is 6.08 Å². The number of para-hydroxylation sites is 1. The van der Waals surface area contributed by atoms with Gasteiger partial charge < -0.3 is 14.2 Å². The molecule has 33 heavy (non-hydrogen) atoms. The van der Waals surface area contributed by atoms with Crippen molar-refractivity contribution in [3.8, 4) is 17.2 Å². The quantitative estimate of drug-likeness (QED) is 0.196. The Morgan fingerprint density at radius 1 is 0.879 bits per heavy atom. The lowest BCUT2D eigenvalue weighted by Crippen LogP contribution is -2.09. The van der Waals surface area contributed by atoms with E-state index in [4.69, 9.17) is 14.2 Å². The summed E-state index contributed by atoms with van der Waals surface area (Å²) in [6.45, 7) is 1.33. The Balaban J connectivity index is 1.56.